The first-order chi connectivity index (χ1) is 9.04. The van der Waals surface area contributed by atoms with Crippen LogP contribution in [-0.2, 0) is 13.1 Å². The molecule has 0 atom stereocenters. The average Bonchev–Trinajstić information content (AvgIpc) is 2.78. The Morgan fingerprint density at radius 2 is 2.16 bits per heavy atom. The molecule has 1 heterocycles. The van der Waals surface area contributed by atoms with Crippen molar-refractivity contribution in [3.8, 4) is 0 Å². The minimum absolute atomic E-state index is 0.301. The molecule has 1 N–H and O–H groups in total. The van der Waals surface area contributed by atoms with E-state index in [0.717, 1.165) is 5.69 Å². The fourth-order valence-corrected chi connectivity index (χ4v) is 1.88. The lowest BCUT2D eigenvalue weighted by Crippen LogP contribution is -2.22. The summed E-state index contributed by atoms with van der Waals surface area (Å²) in [6.07, 6.45) is 1.85. The third-order valence-corrected chi connectivity index (χ3v) is 2.97. The van der Waals surface area contributed by atoms with Crippen LogP contribution >= 0.6 is 11.6 Å². The normalized spacial score (nSPS) is 11.2. The summed E-state index contributed by atoms with van der Waals surface area (Å²) in [5.41, 5.74) is 1.53. The van der Waals surface area contributed by atoms with Gasteiger partial charge in [-0.3, -0.25) is 4.68 Å². The molecule has 0 aliphatic rings. The molecule has 0 aliphatic carbocycles. The van der Waals surface area contributed by atoms with Gasteiger partial charge in [0.05, 0.1) is 12.2 Å². The van der Waals surface area contributed by atoms with E-state index in [0.29, 0.717) is 29.7 Å². The van der Waals surface area contributed by atoms with Crippen molar-refractivity contribution in [3.05, 3.63) is 52.6 Å². The van der Waals surface area contributed by atoms with Crippen LogP contribution in [0.15, 0.2) is 30.5 Å². The van der Waals surface area contributed by atoms with Crippen molar-refractivity contribution in [2.45, 2.75) is 33.0 Å². The van der Waals surface area contributed by atoms with E-state index in [-0.39, 0.29) is 5.82 Å². The predicted octanol–water partition coefficient (Wildman–Crippen LogP) is 3.22. The molecule has 0 unspecified atom stereocenters. The molecule has 5 heteroatoms. The number of nitrogens with one attached hydrogen (secondary N) is 1. The summed E-state index contributed by atoms with van der Waals surface area (Å²) in [6.45, 7) is 5.29. The number of halogens is 2. The van der Waals surface area contributed by atoms with Gasteiger partial charge in [0.2, 0.25) is 0 Å². The maximum atomic E-state index is 13.7. The van der Waals surface area contributed by atoms with Gasteiger partial charge in [-0.1, -0.05) is 31.5 Å². The maximum absolute atomic E-state index is 13.7. The molecule has 102 valence electrons. The zero-order valence-corrected chi connectivity index (χ0v) is 11.8. The summed E-state index contributed by atoms with van der Waals surface area (Å²) in [4.78, 5) is 0. The molecule has 19 heavy (non-hydrogen) atoms. The number of rotatable bonds is 5. The minimum atomic E-state index is -0.301. The van der Waals surface area contributed by atoms with Gasteiger partial charge < -0.3 is 5.32 Å². The van der Waals surface area contributed by atoms with Gasteiger partial charge in [0.1, 0.15) is 5.82 Å². The zero-order chi connectivity index (χ0) is 13.8. The zero-order valence-electron chi connectivity index (χ0n) is 11.0. The van der Waals surface area contributed by atoms with Crippen molar-refractivity contribution in [1.29, 1.82) is 0 Å². The predicted molar refractivity (Wildman–Crippen MR) is 74.7 cm³/mol. The van der Waals surface area contributed by atoms with Gasteiger partial charge in [0.15, 0.2) is 0 Å². The molecule has 1 aromatic carbocycles. The van der Waals surface area contributed by atoms with E-state index in [1.807, 2.05) is 12.3 Å². The third kappa shape index (κ3) is 4.04. The summed E-state index contributed by atoms with van der Waals surface area (Å²) in [5.74, 6) is -0.301. The topological polar surface area (TPSA) is 29.9 Å². The van der Waals surface area contributed by atoms with Crippen LogP contribution in [0.4, 0.5) is 4.39 Å². The van der Waals surface area contributed by atoms with E-state index in [4.69, 9.17) is 11.6 Å². The van der Waals surface area contributed by atoms with Crippen molar-refractivity contribution in [1.82, 2.24) is 15.1 Å². The standard InChI is InChI=1S/C14H17ClFN3/c1-10(2)17-8-13-5-6-19(18-13)9-11-3-4-12(15)7-14(11)16/h3-7,10,17H,8-9H2,1-2H3. The molecule has 3 nitrogen and oxygen atoms in total. The Hall–Kier alpha value is -1.39. The largest absolute Gasteiger partial charge is 0.309 e. The van der Waals surface area contributed by atoms with E-state index in [9.17, 15) is 4.39 Å². The van der Waals surface area contributed by atoms with Crippen LogP contribution < -0.4 is 5.32 Å². The number of nitrogens with zero attached hydrogens (tertiary/aromatic N) is 2. The van der Waals surface area contributed by atoms with Crippen LogP contribution in [0, 0.1) is 5.82 Å². The molecular formula is C14H17ClFN3. The molecule has 0 saturated carbocycles. The summed E-state index contributed by atoms with van der Waals surface area (Å²) >= 11 is 5.72. The van der Waals surface area contributed by atoms with Crippen molar-refractivity contribution in [2.24, 2.45) is 0 Å². The monoisotopic (exact) mass is 281 g/mol. The molecule has 0 saturated heterocycles. The Bertz CT molecular complexity index is 551. The highest BCUT2D eigenvalue weighted by Gasteiger charge is 2.05. The van der Waals surface area contributed by atoms with E-state index >= 15 is 0 Å². The highest BCUT2D eigenvalue weighted by molar-refractivity contribution is 6.30. The smallest absolute Gasteiger partial charge is 0.129 e. The number of benzene rings is 1. The van der Waals surface area contributed by atoms with Crippen molar-refractivity contribution < 1.29 is 4.39 Å². The maximum Gasteiger partial charge on any atom is 0.129 e. The second-order valence-electron chi connectivity index (χ2n) is 4.78. The lowest BCUT2D eigenvalue weighted by molar-refractivity contribution is 0.561. The molecule has 1 aromatic heterocycles. The summed E-state index contributed by atoms with van der Waals surface area (Å²) in [5, 5.41) is 8.09. The van der Waals surface area contributed by atoms with Crippen LogP contribution in [0.5, 0.6) is 0 Å². The molecule has 0 aliphatic heterocycles. The average molecular weight is 282 g/mol. The number of aromatic nitrogens is 2. The highest BCUT2D eigenvalue weighted by atomic mass is 35.5. The minimum Gasteiger partial charge on any atom is -0.309 e. The Morgan fingerprint density at radius 3 is 2.84 bits per heavy atom. The second kappa shape index (κ2) is 6.17. The molecule has 2 rings (SSSR count). The van der Waals surface area contributed by atoms with Gasteiger partial charge in [0, 0.05) is 29.4 Å². The highest BCUT2D eigenvalue weighted by Crippen LogP contribution is 2.15. The molecule has 0 radical (unpaired) electrons. The van der Waals surface area contributed by atoms with Crippen molar-refractivity contribution >= 4 is 11.6 Å². The van der Waals surface area contributed by atoms with Crippen LogP contribution in [0.25, 0.3) is 0 Å². The first kappa shape index (κ1) is 14.0. The first-order valence-electron chi connectivity index (χ1n) is 6.24. The van der Waals surface area contributed by atoms with Gasteiger partial charge in [-0.25, -0.2) is 4.39 Å². The second-order valence-corrected chi connectivity index (χ2v) is 5.21. The van der Waals surface area contributed by atoms with Gasteiger partial charge >= 0.3 is 0 Å². The third-order valence-electron chi connectivity index (χ3n) is 2.73. The van der Waals surface area contributed by atoms with Crippen molar-refractivity contribution in [2.75, 3.05) is 0 Å². The molecule has 0 spiro atoms. The van der Waals surface area contributed by atoms with Crippen molar-refractivity contribution in [3.63, 3.8) is 0 Å². The van der Waals surface area contributed by atoms with E-state index in [1.165, 1.54) is 6.07 Å². The Labute approximate surface area is 117 Å². The number of hydrogen-bond acceptors (Lipinski definition) is 2. The molecule has 0 amide bonds. The van der Waals surface area contributed by atoms with Crippen LogP contribution in [0.2, 0.25) is 5.02 Å². The number of hydrogen-bond donors (Lipinski definition) is 1. The fourth-order valence-electron chi connectivity index (χ4n) is 1.72. The molecule has 0 bridgehead atoms. The molecule has 0 fully saturated rings. The van der Waals surface area contributed by atoms with Crippen LogP contribution in [-0.4, -0.2) is 15.8 Å². The Balaban J connectivity index is 2.03. The van der Waals surface area contributed by atoms with Gasteiger partial charge in [0.25, 0.3) is 0 Å². The van der Waals surface area contributed by atoms with Gasteiger partial charge in [-0.05, 0) is 18.2 Å². The summed E-state index contributed by atoms with van der Waals surface area (Å²) in [6, 6.07) is 7.04. The lowest BCUT2D eigenvalue weighted by Gasteiger charge is -2.06. The summed E-state index contributed by atoms with van der Waals surface area (Å²) < 4.78 is 15.4. The van der Waals surface area contributed by atoms with Crippen LogP contribution in [0.1, 0.15) is 25.1 Å². The van der Waals surface area contributed by atoms with Gasteiger partial charge in [-0.15, -0.1) is 0 Å². The fraction of sp³-hybridized carbons (Fsp3) is 0.357. The van der Waals surface area contributed by atoms with Gasteiger partial charge in [-0.2, -0.15) is 5.10 Å². The Kier molecular flexibility index (Phi) is 4.56. The quantitative estimate of drug-likeness (QED) is 0.912. The van der Waals surface area contributed by atoms with E-state index in [1.54, 1.807) is 16.8 Å². The van der Waals surface area contributed by atoms with Crippen LogP contribution in [0.3, 0.4) is 0 Å². The molecular weight excluding hydrogens is 265 g/mol. The van der Waals surface area contributed by atoms with E-state index in [2.05, 4.69) is 24.3 Å². The SMILES string of the molecule is CC(C)NCc1ccn(Cc2ccc(Cl)cc2F)n1. The Morgan fingerprint density at radius 1 is 1.37 bits per heavy atom. The molecule has 2 aromatic rings. The summed E-state index contributed by atoms with van der Waals surface area (Å²) in [7, 11) is 0. The first-order valence-corrected chi connectivity index (χ1v) is 6.62. The lowest BCUT2D eigenvalue weighted by atomic mass is 10.2. The van der Waals surface area contributed by atoms with E-state index < -0.39 is 0 Å².